The first-order valence-corrected chi connectivity index (χ1v) is 17.9. The molecule has 0 saturated heterocycles. The van der Waals surface area contributed by atoms with Crippen molar-refractivity contribution in [1.29, 1.82) is 0 Å². The maximum Gasteiger partial charge on any atom is 0.161 e. The van der Waals surface area contributed by atoms with Gasteiger partial charge in [-0.15, -0.1) is 0 Å². The molecule has 0 amide bonds. The molecule has 4 nitrogen and oxygen atoms in total. The second-order valence-electron chi connectivity index (χ2n) is 13.3. The van der Waals surface area contributed by atoms with Crippen LogP contribution in [-0.2, 0) is 0 Å². The minimum absolute atomic E-state index is 0.158. The lowest BCUT2D eigenvalue weighted by Gasteiger charge is -2.27. The second-order valence-corrected chi connectivity index (χ2v) is 13.3. The summed E-state index contributed by atoms with van der Waals surface area (Å²) in [6, 6.07) is 53.3. The predicted octanol–water partition coefficient (Wildman–Crippen LogP) is 14.2. The molecule has 254 valence electrons. The van der Waals surface area contributed by atoms with Gasteiger partial charge in [-0.2, -0.15) is 0 Å². The van der Waals surface area contributed by atoms with Crippen molar-refractivity contribution in [2.75, 3.05) is 4.90 Å². The number of anilines is 3. The fraction of sp³-hybridized carbons (Fsp3) is 0. The molecule has 0 saturated carbocycles. The number of aromatic nitrogens is 1. The Morgan fingerprint density at radius 2 is 1.20 bits per heavy atom. The molecule has 3 aromatic heterocycles. The van der Waals surface area contributed by atoms with Gasteiger partial charge >= 0.3 is 0 Å². The van der Waals surface area contributed by atoms with Gasteiger partial charge in [0.1, 0.15) is 22.3 Å². The van der Waals surface area contributed by atoms with Crippen LogP contribution in [0, 0.1) is 0 Å². The molecule has 11 aromatic rings. The normalized spacial score (nSPS) is 13.0. The smallest absolute Gasteiger partial charge is 0.161 e. The fourth-order valence-corrected chi connectivity index (χ4v) is 7.92. The largest absolute Gasteiger partial charge is 0.456 e. The zero-order chi connectivity index (χ0) is 39.9. The third kappa shape index (κ3) is 4.70. The molecule has 4 heteroatoms. The SMILES string of the molecule is [2H]c1c([2H])c([2H])c(-c2ccc(N(c3cccc(-c4cccc5c4oc4c6ccccc6n(-c6ccccc6)c54)c3)c3cccc4oc5ccccc5c34)cc2)c([2H])c1[2H]. The van der Waals surface area contributed by atoms with Crippen LogP contribution in [-0.4, -0.2) is 4.57 Å². The molecular weight excluding hydrogens is 661 g/mol. The first-order valence-electron chi connectivity index (χ1n) is 20.4. The van der Waals surface area contributed by atoms with Crippen molar-refractivity contribution in [1.82, 2.24) is 4.57 Å². The van der Waals surface area contributed by atoms with Gasteiger partial charge in [-0.1, -0.05) is 121 Å². The van der Waals surface area contributed by atoms with Crippen LogP contribution in [0.4, 0.5) is 17.1 Å². The lowest BCUT2D eigenvalue weighted by molar-refractivity contribution is 0.669. The summed E-state index contributed by atoms with van der Waals surface area (Å²) in [6.45, 7) is 0. The van der Waals surface area contributed by atoms with Gasteiger partial charge in [0.15, 0.2) is 5.58 Å². The molecule has 0 aliphatic heterocycles. The predicted molar refractivity (Wildman–Crippen MR) is 223 cm³/mol. The number of rotatable bonds is 6. The molecule has 0 radical (unpaired) electrons. The van der Waals surface area contributed by atoms with E-state index in [4.69, 9.17) is 15.7 Å². The van der Waals surface area contributed by atoms with Crippen molar-refractivity contribution in [3.05, 3.63) is 194 Å². The Labute approximate surface area is 318 Å². The number of nitrogens with zero attached hydrogens (tertiary/aromatic N) is 2. The maximum atomic E-state index is 8.61. The summed E-state index contributed by atoms with van der Waals surface area (Å²) >= 11 is 0. The van der Waals surface area contributed by atoms with Gasteiger partial charge in [-0.05, 0) is 89.5 Å². The number of para-hydroxylation sites is 4. The molecule has 0 bridgehead atoms. The third-order valence-corrected chi connectivity index (χ3v) is 10.3. The molecule has 0 fully saturated rings. The monoisotopic (exact) mass is 697 g/mol. The highest BCUT2D eigenvalue weighted by molar-refractivity contribution is 6.19. The number of benzene rings is 8. The topological polar surface area (TPSA) is 34.5 Å². The van der Waals surface area contributed by atoms with E-state index in [2.05, 4.69) is 100 Å². The lowest BCUT2D eigenvalue weighted by atomic mass is 10.0. The zero-order valence-corrected chi connectivity index (χ0v) is 28.8. The molecule has 0 atom stereocenters. The Balaban J connectivity index is 1.11. The Bertz CT molecular complexity index is 3430. The lowest BCUT2D eigenvalue weighted by Crippen LogP contribution is -2.10. The van der Waals surface area contributed by atoms with E-state index in [-0.39, 0.29) is 29.7 Å². The maximum absolute atomic E-state index is 8.61. The van der Waals surface area contributed by atoms with E-state index in [9.17, 15) is 0 Å². The first kappa shape index (κ1) is 25.6. The average Bonchev–Trinajstić information content (AvgIpc) is 3.95. The van der Waals surface area contributed by atoms with Gasteiger partial charge in [0.2, 0.25) is 0 Å². The van der Waals surface area contributed by atoms with Crippen LogP contribution in [0.3, 0.4) is 0 Å². The van der Waals surface area contributed by atoms with Crippen LogP contribution in [0.25, 0.3) is 82.9 Å². The molecule has 0 N–H and O–H groups in total. The van der Waals surface area contributed by atoms with Gasteiger partial charge < -0.3 is 18.3 Å². The van der Waals surface area contributed by atoms with Crippen LogP contribution in [0.15, 0.2) is 203 Å². The van der Waals surface area contributed by atoms with E-state index in [1.165, 1.54) is 0 Å². The van der Waals surface area contributed by atoms with Crippen molar-refractivity contribution in [2.24, 2.45) is 0 Å². The van der Waals surface area contributed by atoms with E-state index < -0.39 is 6.04 Å². The number of hydrogen-bond donors (Lipinski definition) is 0. The molecule has 0 aliphatic rings. The molecule has 54 heavy (non-hydrogen) atoms. The molecule has 0 unspecified atom stereocenters. The summed E-state index contributed by atoms with van der Waals surface area (Å²) in [6.07, 6.45) is 0. The van der Waals surface area contributed by atoms with Crippen LogP contribution in [0.2, 0.25) is 0 Å². The standard InChI is InChI=1S/C50H32N2O2/c1-3-14-33(15-4-1)34-28-30-37(31-29-34)51(44-25-13-27-46-47(44)41-21-8-10-26-45(41)53-46)38-19-11-16-35(32-38)39-22-12-23-42-48-50(54-49(39)42)40-20-7-9-24-43(40)52(48)36-17-5-2-6-18-36/h1-32H/i1D,3D,4D,14D,15D. The number of hydrogen-bond acceptors (Lipinski definition) is 3. The van der Waals surface area contributed by atoms with Crippen molar-refractivity contribution < 1.29 is 15.7 Å². The summed E-state index contributed by atoms with van der Waals surface area (Å²) in [4.78, 5) is 2.18. The van der Waals surface area contributed by atoms with Crippen molar-refractivity contribution >= 4 is 72.0 Å². The minimum atomic E-state index is -0.417. The highest BCUT2D eigenvalue weighted by atomic mass is 16.3. The Morgan fingerprint density at radius 3 is 2.07 bits per heavy atom. The Morgan fingerprint density at radius 1 is 0.481 bits per heavy atom. The second kappa shape index (κ2) is 12.1. The quantitative estimate of drug-likeness (QED) is 0.173. The van der Waals surface area contributed by atoms with E-state index in [1.807, 2.05) is 72.8 Å². The number of furan rings is 2. The summed E-state index contributed by atoms with van der Waals surface area (Å²) in [5, 5.41) is 3.99. The van der Waals surface area contributed by atoms with Crippen LogP contribution in [0.5, 0.6) is 0 Å². The highest BCUT2D eigenvalue weighted by Gasteiger charge is 2.23. The van der Waals surface area contributed by atoms with Crippen molar-refractivity contribution in [3.8, 4) is 27.9 Å². The zero-order valence-electron chi connectivity index (χ0n) is 33.8. The van der Waals surface area contributed by atoms with Gasteiger partial charge in [-0.25, -0.2) is 0 Å². The fourth-order valence-electron chi connectivity index (χ4n) is 7.92. The van der Waals surface area contributed by atoms with Gasteiger partial charge in [-0.3, -0.25) is 0 Å². The molecule has 0 spiro atoms. The van der Waals surface area contributed by atoms with E-state index in [1.54, 1.807) is 0 Å². The van der Waals surface area contributed by atoms with Gasteiger partial charge in [0, 0.05) is 38.8 Å². The van der Waals surface area contributed by atoms with Crippen LogP contribution >= 0.6 is 0 Å². The van der Waals surface area contributed by atoms with Gasteiger partial charge in [0.05, 0.1) is 23.4 Å². The van der Waals surface area contributed by atoms with Crippen molar-refractivity contribution in [3.63, 3.8) is 0 Å². The minimum Gasteiger partial charge on any atom is -0.456 e. The van der Waals surface area contributed by atoms with E-state index in [0.29, 0.717) is 5.56 Å². The summed E-state index contributed by atoms with van der Waals surface area (Å²) in [5.41, 5.74) is 11.5. The molecule has 3 heterocycles. The van der Waals surface area contributed by atoms with E-state index in [0.717, 1.165) is 88.8 Å². The van der Waals surface area contributed by atoms with E-state index >= 15 is 0 Å². The van der Waals surface area contributed by atoms with Crippen LogP contribution in [0.1, 0.15) is 6.85 Å². The molecule has 8 aromatic carbocycles. The van der Waals surface area contributed by atoms with Gasteiger partial charge in [0.25, 0.3) is 0 Å². The molecule has 11 rings (SSSR count). The number of fused-ring (bicyclic) bond motifs is 8. The molecular formula is C50H32N2O2. The summed E-state index contributed by atoms with van der Waals surface area (Å²) < 4.78 is 57.4. The van der Waals surface area contributed by atoms with Crippen molar-refractivity contribution in [2.45, 2.75) is 0 Å². The Hall–Kier alpha value is -7.30. The average molecular weight is 698 g/mol. The summed E-state index contributed by atoms with van der Waals surface area (Å²) in [7, 11) is 0. The summed E-state index contributed by atoms with van der Waals surface area (Å²) in [5.74, 6) is 0. The Kier molecular flexibility index (Phi) is 5.76. The molecule has 0 aliphatic carbocycles. The van der Waals surface area contributed by atoms with Crippen LogP contribution < -0.4 is 4.90 Å². The first-order chi connectivity index (χ1) is 28.9. The highest BCUT2D eigenvalue weighted by Crippen LogP contribution is 2.46. The third-order valence-electron chi connectivity index (χ3n) is 10.3.